The summed E-state index contributed by atoms with van der Waals surface area (Å²) in [5, 5.41) is 2.87. The molecule has 1 heterocycles. The highest BCUT2D eigenvalue weighted by molar-refractivity contribution is 5.98. The van der Waals surface area contributed by atoms with Gasteiger partial charge in [0.1, 0.15) is 11.5 Å². The van der Waals surface area contributed by atoms with Crippen molar-refractivity contribution in [1.29, 1.82) is 0 Å². The van der Waals surface area contributed by atoms with Crippen LogP contribution in [-0.4, -0.2) is 43.5 Å². The van der Waals surface area contributed by atoms with Crippen LogP contribution in [0.3, 0.4) is 0 Å². The Labute approximate surface area is 135 Å². The van der Waals surface area contributed by atoms with Gasteiger partial charge >= 0.3 is 0 Å². The highest BCUT2D eigenvalue weighted by atomic mass is 16.5. The number of nitrogens with zero attached hydrogens (tertiary/aromatic N) is 1. The first-order chi connectivity index (χ1) is 11.1. The summed E-state index contributed by atoms with van der Waals surface area (Å²) in [5.41, 5.74) is 0.591. The van der Waals surface area contributed by atoms with Crippen LogP contribution in [0.15, 0.2) is 18.2 Å². The molecule has 1 aromatic carbocycles. The third kappa shape index (κ3) is 3.11. The molecule has 1 saturated heterocycles. The van der Waals surface area contributed by atoms with Crippen molar-refractivity contribution in [2.75, 3.05) is 26.1 Å². The average Bonchev–Trinajstić information content (AvgIpc) is 2.88. The fraction of sp³-hybridized carbons (Fsp3) is 0.529. The summed E-state index contributed by atoms with van der Waals surface area (Å²) in [6.07, 6.45) is 3.59. The molecule has 3 rings (SSSR count). The molecule has 0 spiro atoms. The summed E-state index contributed by atoms with van der Waals surface area (Å²) in [6.45, 7) is 0.522. The lowest BCUT2D eigenvalue weighted by Crippen LogP contribution is -2.41. The summed E-state index contributed by atoms with van der Waals surface area (Å²) < 4.78 is 10.4. The van der Waals surface area contributed by atoms with Crippen LogP contribution in [0.2, 0.25) is 0 Å². The number of likely N-dealkylation sites (tertiary alicyclic amines) is 1. The number of rotatable bonds is 5. The maximum Gasteiger partial charge on any atom is 0.229 e. The SMILES string of the molecule is COc1ccc(NC(=O)C2CC(=O)N(C3CCC3)C2)c(OC)c1. The van der Waals surface area contributed by atoms with Crippen molar-refractivity contribution in [3.05, 3.63) is 18.2 Å². The minimum atomic E-state index is -0.296. The summed E-state index contributed by atoms with van der Waals surface area (Å²) >= 11 is 0. The molecule has 124 valence electrons. The van der Waals surface area contributed by atoms with Gasteiger partial charge in [-0.05, 0) is 31.4 Å². The molecule has 1 aliphatic carbocycles. The zero-order valence-electron chi connectivity index (χ0n) is 13.5. The lowest BCUT2D eigenvalue weighted by Gasteiger charge is -2.34. The topological polar surface area (TPSA) is 67.9 Å². The number of hydrogen-bond donors (Lipinski definition) is 1. The Morgan fingerprint density at radius 2 is 2.04 bits per heavy atom. The number of carbonyl (C=O) groups excluding carboxylic acids is 2. The maximum atomic E-state index is 12.5. The molecule has 2 fully saturated rings. The van der Waals surface area contributed by atoms with E-state index in [9.17, 15) is 9.59 Å². The van der Waals surface area contributed by atoms with Crippen molar-refractivity contribution in [3.63, 3.8) is 0 Å². The quantitative estimate of drug-likeness (QED) is 0.902. The molecule has 2 aliphatic rings. The fourth-order valence-corrected chi connectivity index (χ4v) is 3.10. The summed E-state index contributed by atoms with van der Waals surface area (Å²) in [5.74, 6) is 0.861. The van der Waals surface area contributed by atoms with Gasteiger partial charge in [0.15, 0.2) is 0 Å². The summed E-state index contributed by atoms with van der Waals surface area (Å²) in [7, 11) is 3.12. The molecule has 0 bridgehead atoms. The number of amides is 2. The number of benzene rings is 1. The Morgan fingerprint density at radius 3 is 2.65 bits per heavy atom. The van der Waals surface area contributed by atoms with E-state index in [0.29, 0.717) is 36.2 Å². The minimum Gasteiger partial charge on any atom is -0.497 e. The Bertz CT molecular complexity index is 613. The van der Waals surface area contributed by atoms with Crippen LogP contribution >= 0.6 is 0 Å². The van der Waals surface area contributed by atoms with Gasteiger partial charge in [-0.3, -0.25) is 9.59 Å². The van der Waals surface area contributed by atoms with E-state index >= 15 is 0 Å². The van der Waals surface area contributed by atoms with E-state index in [4.69, 9.17) is 9.47 Å². The number of anilines is 1. The Kier molecular flexibility index (Phi) is 4.41. The molecule has 1 aliphatic heterocycles. The molecule has 2 amide bonds. The third-order valence-electron chi connectivity index (χ3n) is 4.71. The molecule has 1 aromatic rings. The molecule has 1 unspecified atom stereocenters. The number of carbonyl (C=O) groups is 2. The van der Waals surface area contributed by atoms with Gasteiger partial charge < -0.3 is 19.7 Å². The highest BCUT2D eigenvalue weighted by Gasteiger charge is 2.39. The minimum absolute atomic E-state index is 0.0940. The number of nitrogens with one attached hydrogen (secondary N) is 1. The normalized spacial score (nSPS) is 21.0. The van der Waals surface area contributed by atoms with Gasteiger partial charge in [0.05, 0.1) is 25.8 Å². The van der Waals surface area contributed by atoms with E-state index in [1.165, 1.54) is 6.42 Å². The predicted octanol–water partition coefficient (Wildman–Crippen LogP) is 2.04. The van der Waals surface area contributed by atoms with Crippen molar-refractivity contribution in [2.45, 2.75) is 31.7 Å². The predicted molar refractivity (Wildman–Crippen MR) is 85.6 cm³/mol. The van der Waals surface area contributed by atoms with Crippen LogP contribution in [0.1, 0.15) is 25.7 Å². The first kappa shape index (κ1) is 15.6. The van der Waals surface area contributed by atoms with E-state index < -0.39 is 0 Å². The summed E-state index contributed by atoms with van der Waals surface area (Å²) in [4.78, 5) is 26.4. The molecule has 1 atom stereocenters. The van der Waals surface area contributed by atoms with Gasteiger partial charge in [-0.1, -0.05) is 0 Å². The molecular formula is C17H22N2O4. The molecule has 0 aromatic heterocycles. The second-order valence-electron chi connectivity index (χ2n) is 6.09. The average molecular weight is 318 g/mol. The van der Waals surface area contributed by atoms with Gasteiger partial charge in [0, 0.05) is 25.1 Å². The number of methoxy groups -OCH3 is 2. The first-order valence-electron chi connectivity index (χ1n) is 7.94. The molecular weight excluding hydrogens is 296 g/mol. The lowest BCUT2D eigenvalue weighted by molar-refractivity contribution is -0.131. The summed E-state index contributed by atoms with van der Waals surface area (Å²) in [6, 6.07) is 5.57. The van der Waals surface area contributed by atoms with Crippen LogP contribution in [0.25, 0.3) is 0 Å². The Balaban J connectivity index is 1.66. The fourth-order valence-electron chi connectivity index (χ4n) is 3.10. The molecule has 0 radical (unpaired) electrons. The van der Waals surface area contributed by atoms with Gasteiger partial charge in [-0.2, -0.15) is 0 Å². The maximum absolute atomic E-state index is 12.5. The highest BCUT2D eigenvalue weighted by Crippen LogP contribution is 2.33. The van der Waals surface area contributed by atoms with Crippen LogP contribution < -0.4 is 14.8 Å². The van der Waals surface area contributed by atoms with Gasteiger partial charge in [-0.15, -0.1) is 0 Å². The van der Waals surface area contributed by atoms with E-state index in [1.807, 2.05) is 4.90 Å². The smallest absolute Gasteiger partial charge is 0.229 e. The standard InChI is InChI=1S/C17H22N2O4/c1-22-13-6-7-14(15(9-13)23-2)18-17(21)11-8-16(20)19(10-11)12-4-3-5-12/h6-7,9,11-12H,3-5,8,10H2,1-2H3,(H,18,21). The largest absolute Gasteiger partial charge is 0.497 e. The van der Waals surface area contributed by atoms with Crippen molar-refractivity contribution in [3.8, 4) is 11.5 Å². The van der Waals surface area contributed by atoms with Crippen LogP contribution in [0, 0.1) is 5.92 Å². The van der Waals surface area contributed by atoms with E-state index in [0.717, 1.165) is 12.8 Å². The molecule has 1 N–H and O–H groups in total. The number of ether oxygens (including phenoxy) is 2. The molecule has 6 nitrogen and oxygen atoms in total. The van der Waals surface area contributed by atoms with Crippen LogP contribution in [-0.2, 0) is 9.59 Å². The van der Waals surface area contributed by atoms with Crippen LogP contribution in [0.5, 0.6) is 11.5 Å². The lowest BCUT2D eigenvalue weighted by atomic mass is 9.92. The zero-order chi connectivity index (χ0) is 16.4. The Morgan fingerprint density at radius 1 is 1.26 bits per heavy atom. The van der Waals surface area contributed by atoms with Crippen molar-refractivity contribution >= 4 is 17.5 Å². The number of hydrogen-bond acceptors (Lipinski definition) is 4. The molecule has 23 heavy (non-hydrogen) atoms. The van der Waals surface area contributed by atoms with E-state index in [1.54, 1.807) is 32.4 Å². The van der Waals surface area contributed by atoms with E-state index in [2.05, 4.69) is 5.32 Å². The van der Waals surface area contributed by atoms with Gasteiger partial charge in [-0.25, -0.2) is 0 Å². The van der Waals surface area contributed by atoms with Gasteiger partial charge in [0.25, 0.3) is 0 Å². The van der Waals surface area contributed by atoms with Crippen molar-refractivity contribution in [2.24, 2.45) is 5.92 Å². The third-order valence-corrected chi connectivity index (χ3v) is 4.71. The Hall–Kier alpha value is -2.24. The first-order valence-corrected chi connectivity index (χ1v) is 7.94. The second kappa shape index (κ2) is 6.48. The van der Waals surface area contributed by atoms with Crippen LogP contribution in [0.4, 0.5) is 5.69 Å². The molecule has 6 heteroatoms. The molecule has 1 saturated carbocycles. The van der Waals surface area contributed by atoms with Crippen molar-refractivity contribution < 1.29 is 19.1 Å². The van der Waals surface area contributed by atoms with E-state index in [-0.39, 0.29) is 17.7 Å². The zero-order valence-corrected chi connectivity index (χ0v) is 13.5. The monoisotopic (exact) mass is 318 g/mol. The second-order valence-corrected chi connectivity index (χ2v) is 6.09. The van der Waals surface area contributed by atoms with Crippen molar-refractivity contribution in [1.82, 2.24) is 4.90 Å². The van der Waals surface area contributed by atoms with Gasteiger partial charge in [0.2, 0.25) is 11.8 Å².